The van der Waals surface area contributed by atoms with Crippen molar-refractivity contribution in [2.45, 2.75) is 13.0 Å². The lowest BCUT2D eigenvalue weighted by molar-refractivity contribution is -0.122. The fourth-order valence-electron chi connectivity index (χ4n) is 2.35. The van der Waals surface area contributed by atoms with Gasteiger partial charge < -0.3 is 0 Å². The summed E-state index contributed by atoms with van der Waals surface area (Å²) in [6.45, 7) is 2.12. The average molecular weight is 264 g/mol. The van der Waals surface area contributed by atoms with Gasteiger partial charge >= 0.3 is 0 Å². The summed E-state index contributed by atoms with van der Waals surface area (Å²) in [6, 6.07) is 4.45. The number of halogens is 1. The molecule has 2 heterocycles. The van der Waals surface area contributed by atoms with E-state index in [1.807, 2.05) is 6.92 Å². The topological polar surface area (TPSA) is 62.1 Å². The largest absolute Gasteiger partial charge is 0.274 e. The van der Waals surface area contributed by atoms with Gasteiger partial charge in [-0.2, -0.15) is 10.2 Å². The molecule has 6 heteroatoms. The van der Waals surface area contributed by atoms with Crippen LogP contribution in [0.2, 0.25) is 5.02 Å². The molecule has 0 N–H and O–H groups in total. The number of anilines is 1. The van der Waals surface area contributed by atoms with Crippen LogP contribution >= 0.6 is 11.6 Å². The van der Waals surface area contributed by atoms with Gasteiger partial charge in [0.2, 0.25) is 5.91 Å². The van der Waals surface area contributed by atoms with Gasteiger partial charge in [-0.15, -0.1) is 0 Å². The Bertz CT molecular complexity index is 585. The van der Waals surface area contributed by atoms with Gasteiger partial charge in [-0.1, -0.05) is 11.6 Å². The first-order valence-electron chi connectivity index (χ1n) is 5.60. The van der Waals surface area contributed by atoms with E-state index >= 15 is 0 Å². The summed E-state index contributed by atoms with van der Waals surface area (Å²) in [6.07, 6.45) is 0. The van der Waals surface area contributed by atoms with Crippen molar-refractivity contribution in [2.24, 2.45) is 16.1 Å². The van der Waals surface area contributed by atoms with Crippen molar-refractivity contribution < 1.29 is 9.59 Å². The fraction of sp³-hybridized carbons (Fsp3) is 0.333. The van der Waals surface area contributed by atoms with Gasteiger partial charge in [0, 0.05) is 5.02 Å². The zero-order chi connectivity index (χ0) is 12.9. The van der Waals surface area contributed by atoms with Crippen LogP contribution in [0.3, 0.4) is 0 Å². The van der Waals surface area contributed by atoms with E-state index in [9.17, 15) is 9.59 Å². The second-order valence-electron chi connectivity index (χ2n) is 4.43. The quantitative estimate of drug-likeness (QED) is 0.727. The Labute approximate surface area is 108 Å². The van der Waals surface area contributed by atoms with Crippen LogP contribution in [0, 0.1) is 12.8 Å². The van der Waals surface area contributed by atoms with Crippen molar-refractivity contribution >= 4 is 29.1 Å². The molecule has 2 aliphatic rings. The minimum absolute atomic E-state index is 0.222. The molecule has 2 aliphatic heterocycles. The number of carbonyl (C=O) groups is 2. The van der Waals surface area contributed by atoms with E-state index in [0.29, 0.717) is 17.3 Å². The van der Waals surface area contributed by atoms with E-state index in [0.717, 1.165) is 5.56 Å². The van der Waals surface area contributed by atoms with Crippen molar-refractivity contribution in [1.82, 2.24) is 0 Å². The highest BCUT2D eigenvalue weighted by atomic mass is 35.5. The highest BCUT2D eigenvalue weighted by molar-refractivity contribution is 6.31. The van der Waals surface area contributed by atoms with Gasteiger partial charge in [0.25, 0.3) is 5.91 Å². The molecular formula is C12H10ClN3O2. The number of imide groups is 1. The molecule has 1 aromatic carbocycles. The van der Waals surface area contributed by atoms with Gasteiger partial charge in [0.15, 0.2) is 6.04 Å². The minimum atomic E-state index is -0.632. The first kappa shape index (κ1) is 11.3. The smallest absolute Gasteiger partial charge is 0.261 e. The lowest BCUT2D eigenvalue weighted by Crippen LogP contribution is -2.32. The average Bonchev–Trinajstić information content (AvgIpc) is 2.87. The molecule has 1 fully saturated rings. The molecule has 0 saturated carbocycles. The second kappa shape index (κ2) is 3.88. The maximum Gasteiger partial charge on any atom is 0.261 e. The summed E-state index contributed by atoms with van der Waals surface area (Å²) >= 11 is 5.87. The zero-order valence-electron chi connectivity index (χ0n) is 9.63. The summed E-state index contributed by atoms with van der Waals surface area (Å²) in [7, 11) is 0. The van der Waals surface area contributed by atoms with Crippen molar-refractivity contribution in [3.8, 4) is 0 Å². The third-order valence-electron chi connectivity index (χ3n) is 3.28. The molecular weight excluding hydrogens is 254 g/mol. The van der Waals surface area contributed by atoms with Crippen molar-refractivity contribution in [2.75, 3.05) is 11.4 Å². The van der Waals surface area contributed by atoms with Crippen molar-refractivity contribution in [3.05, 3.63) is 28.8 Å². The maximum atomic E-state index is 12.2. The molecule has 0 spiro atoms. The van der Waals surface area contributed by atoms with Gasteiger partial charge in [-0.25, -0.2) is 4.90 Å². The number of carbonyl (C=O) groups excluding carboxylic acids is 2. The number of rotatable bonds is 1. The second-order valence-corrected chi connectivity index (χ2v) is 4.87. The molecule has 92 valence electrons. The summed E-state index contributed by atoms with van der Waals surface area (Å²) in [5, 5.41) is 8.19. The Hall–Kier alpha value is -1.75. The molecule has 0 radical (unpaired) electrons. The maximum absolute atomic E-state index is 12.2. The predicted molar refractivity (Wildman–Crippen MR) is 65.7 cm³/mol. The highest BCUT2D eigenvalue weighted by Crippen LogP contribution is 2.34. The molecule has 2 atom stereocenters. The number of amides is 2. The first-order chi connectivity index (χ1) is 8.59. The molecule has 0 aromatic heterocycles. The van der Waals surface area contributed by atoms with Gasteiger partial charge in [0.1, 0.15) is 0 Å². The van der Waals surface area contributed by atoms with Crippen LogP contribution in [0.4, 0.5) is 5.69 Å². The molecule has 3 rings (SSSR count). The van der Waals surface area contributed by atoms with E-state index in [2.05, 4.69) is 10.2 Å². The molecule has 18 heavy (non-hydrogen) atoms. The Morgan fingerprint density at radius 1 is 1.33 bits per heavy atom. The van der Waals surface area contributed by atoms with Gasteiger partial charge in [-0.05, 0) is 30.7 Å². The number of fused-ring (bicyclic) bond motifs is 1. The van der Waals surface area contributed by atoms with E-state index in [1.54, 1.807) is 18.2 Å². The first-order valence-corrected chi connectivity index (χ1v) is 5.98. The molecule has 1 saturated heterocycles. The van der Waals surface area contributed by atoms with Crippen molar-refractivity contribution in [3.63, 3.8) is 0 Å². The number of aryl methyl sites for hydroxylation is 1. The zero-order valence-corrected chi connectivity index (χ0v) is 10.4. The highest BCUT2D eigenvalue weighted by Gasteiger charge is 2.51. The predicted octanol–water partition coefficient (Wildman–Crippen LogP) is 1.97. The number of benzene rings is 1. The SMILES string of the molecule is Cc1cc(Cl)ccc1N1C(=O)[C@H]2N=NC[C@H]2C1=O. The summed E-state index contributed by atoms with van der Waals surface area (Å²) < 4.78 is 0. The number of azo groups is 1. The van der Waals surface area contributed by atoms with Crippen LogP contribution in [0.15, 0.2) is 28.4 Å². The number of hydrogen-bond donors (Lipinski definition) is 0. The normalized spacial score (nSPS) is 26.0. The standard InChI is InChI=1S/C12H10ClN3O2/c1-6-4-7(13)2-3-9(6)16-11(17)8-5-14-15-10(8)12(16)18/h2-4,8,10H,5H2,1H3/t8-,10+/m1/s1. The molecule has 5 nitrogen and oxygen atoms in total. The van der Waals surface area contributed by atoms with E-state index in [4.69, 9.17) is 11.6 Å². The van der Waals surface area contributed by atoms with Crippen LogP contribution in [0.5, 0.6) is 0 Å². The van der Waals surface area contributed by atoms with E-state index in [-0.39, 0.29) is 11.8 Å². The lowest BCUT2D eigenvalue weighted by atomic mass is 10.1. The Morgan fingerprint density at radius 2 is 2.11 bits per heavy atom. The van der Waals surface area contributed by atoms with Gasteiger partial charge in [0.05, 0.1) is 18.2 Å². The minimum Gasteiger partial charge on any atom is -0.274 e. The summed E-state index contributed by atoms with van der Waals surface area (Å²) in [4.78, 5) is 25.5. The Kier molecular flexibility index (Phi) is 2.45. The molecule has 0 bridgehead atoms. The fourth-order valence-corrected chi connectivity index (χ4v) is 2.58. The molecule has 0 aliphatic carbocycles. The Balaban J connectivity index is 2.04. The van der Waals surface area contributed by atoms with Crippen LogP contribution in [-0.4, -0.2) is 24.4 Å². The van der Waals surface area contributed by atoms with E-state index in [1.165, 1.54) is 4.90 Å². The third-order valence-corrected chi connectivity index (χ3v) is 3.51. The summed E-state index contributed by atoms with van der Waals surface area (Å²) in [5.74, 6) is -0.940. The Morgan fingerprint density at radius 3 is 2.78 bits per heavy atom. The van der Waals surface area contributed by atoms with Gasteiger partial charge in [-0.3, -0.25) is 9.59 Å². The molecule has 1 aromatic rings. The molecule has 2 amide bonds. The number of hydrogen-bond acceptors (Lipinski definition) is 4. The van der Waals surface area contributed by atoms with Crippen molar-refractivity contribution in [1.29, 1.82) is 0 Å². The van der Waals surface area contributed by atoms with Crippen LogP contribution < -0.4 is 4.90 Å². The molecule has 0 unspecified atom stereocenters. The number of nitrogens with zero attached hydrogens (tertiary/aromatic N) is 3. The monoisotopic (exact) mass is 263 g/mol. The third kappa shape index (κ3) is 1.47. The van der Waals surface area contributed by atoms with Crippen LogP contribution in [0.1, 0.15) is 5.56 Å². The van der Waals surface area contributed by atoms with Crippen LogP contribution in [0.25, 0.3) is 0 Å². The summed E-state index contributed by atoms with van der Waals surface area (Å²) in [5.41, 5.74) is 1.38. The lowest BCUT2D eigenvalue weighted by Gasteiger charge is -2.17. The van der Waals surface area contributed by atoms with Crippen LogP contribution in [-0.2, 0) is 9.59 Å². The van der Waals surface area contributed by atoms with E-state index < -0.39 is 12.0 Å².